The number of thiocarbonyl (C=S) groups is 1. The highest BCUT2D eigenvalue weighted by Crippen LogP contribution is 2.15. The number of aryl methyl sites for hydroxylation is 1. The van der Waals surface area contributed by atoms with Crippen LogP contribution in [0.3, 0.4) is 0 Å². The van der Waals surface area contributed by atoms with E-state index in [1.54, 1.807) is 7.11 Å². The van der Waals surface area contributed by atoms with Crippen LogP contribution >= 0.6 is 12.2 Å². The Balaban J connectivity index is 2.82. The van der Waals surface area contributed by atoms with Crippen molar-refractivity contribution >= 4 is 17.2 Å². The molecule has 0 bridgehead atoms. The maximum Gasteiger partial charge on any atom is 0.224 e. The Bertz CT molecular complexity index is 355. The molecule has 0 aromatic carbocycles. The SMILES string of the molecule is COCCOc1nc(C)ccc1C(N)=S. The van der Waals surface area contributed by atoms with Crippen LogP contribution in [-0.4, -0.2) is 30.3 Å². The summed E-state index contributed by atoms with van der Waals surface area (Å²) in [7, 11) is 1.61. The molecule has 0 radical (unpaired) electrons. The van der Waals surface area contributed by atoms with E-state index in [-0.39, 0.29) is 4.99 Å². The van der Waals surface area contributed by atoms with Crippen molar-refractivity contribution in [2.24, 2.45) is 5.73 Å². The average molecular weight is 226 g/mol. The second kappa shape index (κ2) is 5.63. The fourth-order valence-corrected chi connectivity index (χ4v) is 1.21. The van der Waals surface area contributed by atoms with Gasteiger partial charge in [0.1, 0.15) is 11.6 Å². The van der Waals surface area contributed by atoms with Crippen molar-refractivity contribution in [3.63, 3.8) is 0 Å². The van der Waals surface area contributed by atoms with Gasteiger partial charge in [-0.15, -0.1) is 0 Å². The summed E-state index contributed by atoms with van der Waals surface area (Å²) in [5, 5.41) is 0. The quantitative estimate of drug-likeness (QED) is 0.600. The van der Waals surface area contributed by atoms with Gasteiger partial charge < -0.3 is 15.2 Å². The van der Waals surface area contributed by atoms with Gasteiger partial charge in [-0.1, -0.05) is 12.2 Å². The number of hydrogen-bond donors (Lipinski definition) is 1. The molecule has 82 valence electrons. The smallest absolute Gasteiger partial charge is 0.224 e. The van der Waals surface area contributed by atoms with E-state index in [9.17, 15) is 0 Å². The predicted molar refractivity (Wildman–Crippen MR) is 62.2 cm³/mol. The summed E-state index contributed by atoms with van der Waals surface area (Å²) >= 11 is 4.90. The molecule has 2 N–H and O–H groups in total. The topological polar surface area (TPSA) is 57.4 Å². The lowest BCUT2D eigenvalue weighted by molar-refractivity contribution is 0.143. The number of aromatic nitrogens is 1. The normalized spacial score (nSPS) is 10.0. The zero-order valence-corrected chi connectivity index (χ0v) is 9.63. The third-order valence-electron chi connectivity index (χ3n) is 1.79. The molecule has 1 rings (SSSR count). The molecule has 0 spiro atoms. The summed E-state index contributed by atoms with van der Waals surface area (Å²) in [6.07, 6.45) is 0. The molecule has 4 nitrogen and oxygen atoms in total. The van der Waals surface area contributed by atoms with Gasteiger partial charge in [0, 0.05) is 12.8 Å². The number of pyridine rings is 1. The Hall–Kier alpha value is -1.20. The van der Waals surface area contributed by atoms with Gasteiger partial charge in [0.15, 0.2) is 0 Å². The lowest BCUT2D eigenvalue weighted by Crippen LogP contribution is -2.14. The van der Waals surface area contributed by atoms with Gasteiger partial charge in [0.2, 0.25) is 5.88 Å². The van der Waals surface area contributed by atoms with Crippen molar-refractivity contribution in [1.82, 2.24) is 4.98 Å². The Morgan fingerprint density at radius 3 is 2.80 bits per heavy atom. The minimum atomic E-state index is 0.287. The molecule has 5 heteroatoms. The van der Waals surface area contributed by atoms with E-state index < -0.39 is 0 Å². The van der Waals surface area contributed by atoms with Crippen molar-refractivity contribution in [1.29, 1.82) is 0 Å². The number of rotatable bonds is 5. The Labute approximate surface area is 94.4 Å². The fourth-order valence-electron chi connectivity index (χ4n) is 1.05. The van der Waals surface area contributed by atoms with Crippen molar-refractivity contribution in [2.45, 2.75) is 6.92 Å². The Kier molecular flexibility index (Phi) is 4.45. The Morgan fingerprint density at radius 2 is 2.20 bits per heavy atom. The van der Waals surface area contributed by atoms with Crippen molar-refractivity contribution in [3.05, 3.63) is 23.4 Å². The van der Waals surface area contributed by atoms with Crippen molar-refractivity contribution in [3.8, 4) is 5.88 Å². The van der Waals surface area contributed by atoms with Gasteiger partial charge in [-0.3, -0.25) is 0 Å². The summed E-state index contributed by atoms with van der Waals surface area (Å²) in [5.74, 6) is 0.472. The van der Waals surface area contributed by atoms with E-state index >= 15 is 0 Å². The first-order valence-electron chi connectivity index (χ1n) is 4.54. The molecule has 0 unspecified atom stereocenters. The second-order valence-electron chi connectivity index (χ2n) is 3.01. The van der Waals surface area contributed by atoms with E-state index in [0.717, 1.165) is 5.69 Å². The van der Waals surface area contributed by atoms with Crippen LogP contribution in [0.25, 0.3) is 0 Å². The molecule has 1 heterocycles. The van der Waals surface area contributed by atoms with Crippen LogP contribution in [0.1, 0.15) is 11.3 Å². The lowest BCUT2D eigenvalue weighted by atomic mass is 10.2. The molecule has 0 amide bonds. The van der Waals surface area contributed by atoms with Gasteiger partial charge in [0.05, 0.1) is 12.2 Å². The zero-order chi connectivity index (χ0) is 11.3. The molecule has 0 atom stereocenters. The van der Waals surface area contributed by atoms with Crippen molar-refractivity contribution in [2.75, 3.05) is 20.3 Å². The first-order valence-corrected chi connectivity index (χ1v) is 4.95. The first-order chi connectivity index (χ1) is 7.15. The van der Waals surface area contributed by atoms with Crippen LogP contribution in [0.2, 0.25) is 0 Å². The van der Waals surface area contributed by atoms with E-state index in [1.807, 2.05) is 19.1 Å². The molecule has 0 fully saturated rings. The van der Waals surface area contributed by atoms with Gasteiger partial charge in [-0.25, -0.2) is 4.98 Å². The van der Waals surface area contributed by atoms with Crippen molar-refractivity contribution < 1.29 is 9.47 Å². The maximum atomic E-state index is 5.55. The standard InChI is InChI=1S/C10H14N2O2S/c1-7-3-4-8(9(11)15)10(12-7)14-6-5-13-2/h3-4H,5-6H2,1-2H3,(H2,11,15). The third kappa shape index (κ3) is 3.45. The maximum absolute atomic E-state index is 5.55. The molecule has 0 aliphatic rings. The summed E-state index contributed by atoms with van der Waals surface area (Å²) < 4.78 is 10.3. The lowest BCUT2D eigenvalue weighted by Gasteiger charge is -2.09. The zero-order valence-electron chi connectivity index (χ0n) is 8.82. The third-order valence-corrected chi connectivity index (χ3v) is 2.01. The highest BCUT2D eigenvalue weighted by Gasteiger charge is 2.08. The number of ether oxygens (including phenoxy) is 2. The molecule has 0 aliphatic heterocycles. The predicted octanol–water partition coefficient (Wildman–Crippen LogP) is 1.05. The highest BCUT2D eigenvalue weighted by atomic mass is 32.1. The second-order valence-corrected chi connectivity index (χ2v) is 3.45. The fraction of sp³-hybridized carbons (Fsp3) is 0.400. The van der Waals surface area contributed by atoms with Crippen LogP contribution in [-0.2, 0) is 4.74 Å². The molecule has 0 saturated heterocycles. The van der Waals surface area contributed by atoms with Gasteiger partial charge in [-0.05, 0) is 19.1 Å². The molecular formula is C10H14N2O2S. The first kappa shape index (κ1) is 11.9. The monoisotopic (exact) mass is 226 g/mol. The minimum Gasteiger partial charge on any atom is -0.475 e. The van der Waals surface area contributed by atoms with E-state index in [1.165, 1.54) is 0 Å². The minimum absolute atomic E-state index is 0.287. The van der Waals surface area contributed by atoms with Crippen LogP contribution in [0.5, 0.6) is 5.88 Å². The summed E-state index contributed by atoms with van der Waals surface area (Å²) in [6, 6.07) is 3.66. The van der Waals surface area contributed by atoms with E-state index in [0.29, 0.717) is 24.7 Å². The van der Waals surface area contributed by atoms with E-state index in [4.69, 9.17) is 27.4 Å². The van der Waals surface area contributed by atoms with Gasteiger partial charge >= 0.3 is 0 Å². The molecule has 1 aromatic heterocycles. The van der Waals surface area contributed by atoms with Gasteiger partial charge in [-0.2, -0.15) is 0 Å². The summed E-state index contributed by atoms with van der Waals surface area (Å²) in [4.78, 5) is 4.51. The number of methoxy groups -OCH3 is 1. The summed E-state index contributed by atoms with van der Waals surface area (Å²) in [5.41, 5.74) is 7.07. The van der Waals surface area contributed by atoms with Crippen LogP contribution in [0, 0.1) is 6.92 Å². The molecule has 0 saturated carbocycles. The summed E-state index contributed by atoms with van der Waals surface area (Å²) in [6.45, 7) is 2.82. The number of nitrogens with zero attached hydrogens (tertiary/aromatic N) is 1. The molecule has 1 aromatic rings. The van der Waals surface area contributed by atoms with Crippen LogP contribution in [0.15, 0.2) is 12.1 Å². The molecular weight excluding hydrogens is 212 g/mol. The van der Waals surface area contributed by atoms with E-state index in [2.05, 4.69) is 4.98 Å². The average Bonchev–Trinajstić information content (AvgIpc) is 2.18. The largest absolute Gasteiger partial charge is 0.475 e. The Morgan fingerprint density at radius 1 is 1.47 bits per heavy atom. The van der Waals surface area contributed by atoms with Crippen LogP contribution in [0.4, 0.5) is 0 Å². The number of nitrogens with two attached hydrogens (primary N) is 1. The molecule has 15 heavy (non-hydrogen) atoms. The number of hydrogen-bond acceptors (Lipinski definition) is 4. The van der Waals surface area contributed by atoms with Gasteiger partial charge in [0.25, 0.3) is 0 Å². The highest BCUT2D eigenvalue weighted by molar-refractivity contribution is 7.80. The van der Waals surface area contributed by atoms with Crippen LogP contribution < -0.4 is 10.5 Å². The molecule has 0 aliphatic carbocycles.